The number of anilines is 2. The summed E-state index contributed by atoms with van der Waals surface area (Å²) in [6.07, 6.45) is -5.21. The summed E-state index contributed by atoms with van der Waals surface area (Å²) in [5, 5.41) is 6.97. The van der Waals surface area contributed by atoms with Crippen LogP contribution in [0.15, 0.2) is 48.7 Å². The Morgan fingerprint density at radius 2 is 1.79 bits per heavy atom. The topological polar surface area (TPSA) is 55.5 Å². The molecule has 1 fully saturated rings. The maximum atomic E-state index is 14.5. The molecule has 202 valence electrons. The Morgan fingerprint density at radius 3 is 2.47 bits per heavy atom. The van der Waals surface area contributed by atoms with Gasteiger partial charge in [-0.2, -0.15) is 18.3 Å². The Balaban J connectivity index is 1.40. The van der Waals surface area contributed by atoms with Gasteiger partial charge in [-0.25, -0.2) is 18.0 Å². The predicted octanol–water partition coefficient (Wildman–Crippen LogP) is 6.68. The number of hydrogen-bond donors (Lipinski definition) is 1. The highest BCUT2D eigenvalue weighted by Gasteiger charge is 2.43. The summed E-state index contributed by atoms with van der Waals surface area (Å²) in [5.41, 5.74) is -0.480. The van der Waals surface area contributed by atoms with Crippen molar-refractivity contribution in [1.82, 2.24) is 15.1 Å². The van der Waals surface area contributed by atoms with Gasteiger partial charge in [0.15, 0.2) is 0 Å². The first-order chi connectivity index (χ1) is 18.1. The molecule has 2 aromatic carbocycles. The number of nitrogens with zero attached hydrogens (tertiary/aromatic N) is 4. The molecule has 2 aliphatic heterocycles. The van der Waals surface area contributed by atoms with Crippen molar-refractivity contribution in [3.05, 3.63) is 76.9 Å². The summed E-state index contributed by atoms with van der Waals surface area (Å²) < 4.78 is 82.5. The van der Waals surface area contributed by atoms with Gasteiger partial charge in [-0.15, -0.1) is 0 Å². The number of carbonyl (C=O) groups is 1. The van der Waals surface area contributed by atoms with E-state index in [0.717, 1.165) is 12.1 Å². The number of fused-ring (bicyclic) bond motifs is 1. The molecule has 3 heterocycles. The second-order valence-electron chi connectivity index (χ2n) is 9.46. The number of nitrogens with one attached hydrogen (secondary N) is 1. The van der Waals surface area contributed by atoms with E-state index in [0.29, 0.717) is 24.2 Å². The van der Waals surface area contributed by atoms with E-state index in [9.17, 15) is 31.1 Å². The van der Waals surface area contributed by atoms with Crippen molar-refractivity contribution in [1.29, 1.82) is 0 Å². The first-order valence-electron chi connectivity index (χ1n) is 12.2. The smallest absolute Gasteiger partial charge is 0.369 e. The largest absolute Gasteiger partial charge is 0.416 e. The number of amides is 2. The first-order valence-corrected chi connectivity index (χ1v) is 12.2. The molecular weight excluding hydrogens is 512 g/mol. The Kier molecular flexibility index (Phi) is 6.74. The van der Waals surface area contributed by atoms with Gasteiger partial charge < -0.3 is 9.80 Å². The van der Waals surface area contributed by atoms with Crippen LogP contribution in [0, 0.1) is 5.82 Å². The van der Waals surface area contributed by atoms with E-state index in [-0.39, 0.29) is 42.5 Å². The van der Waals surface area contributed by atoms with Crippen molar-refractivity contribution in [2.24, 2.45) is 0 Å². The molecule has 1 unspecified atom stereocenters. The Morgan fingerprint density at radius 1 is 1.08 bits per heavy atom. The SMILES string of the molecule is CC1c2n[nH]cc2N(Cc2ccccc2C(F)(F)F)C(=O)N1C1CCN(c2c(F)cccc2C(F)F)CC1. The van der Waals surface area contributed by atoms with Gasteiger partial charge in [0, 0.05) is 30.9 Å². The number of benzene rings is 2. The van der Waals surface area contributed by atoms with Gasteiger partial charge in [0.2, 0.25) is 0 Å². The van der Waals surface area contributed by atoms with Gasteiger partial charge in [-0.05, 0) is 37.5 Å². The molecule has 0 aliphatic carbocycles. The minimum absolute atomic E-state index is 0.0519. The van der Waals surface area contributed by atoms with Crippen molar-refractivity contribution in [2.45, 2.75) is 51.0 Å². The van der Waals surface area contributed by atoms with Crippen LogP contribution in [0.2, 0.25) is 0 Å². The maximum Gasteiger partial charge on any atom is 0.416 e. The predicted molar refractivity (Wildman–Crippen MR) is 128 cm³/mol. The molecule has 5 rings (SSSR count). The van der Waals surface area contributed by atoms with Crippen molar-refractivity contribution >= 4 is 17.4 Å². The van der Waals surface area contributed by atoms with Gasteiger partial charge in [0.25, 0.3) is 6.43 Å². The number of halogens is 6. The quantitative estimate of drug-likeness (QED) is 0.370. The van der Waals surface area contributed by atoms with Gasteiger partial charge >= 0.3 is 12.2 Å². The fraction of sp³-hybridized carbons (Fsp3) is 0.385. The van der Waals surface area contributed by atoms with Gasteiger partial charge in [0.05, 0.1) is 29.5 Å². The van der Waals surface area contributed by atoms with Crippen molar-refractivity contribution < 1.29 is 31.1 Å². The zero-order chi connectivity index (χ0) is 27.2. The fourth-order valence-electron chi connectivity index (χ4n) is 5.50. The monoisotopic (exact) mass is 537 g/mol. The lowest BCUT2D eigenvalue weighted by atomic mass is 9.97. The summed E-state index contributed by atoms with van der Waals surface area (Å²) >= 11 is 0. The molecule has 1 N–H and O–H groups in total. The molecular formula is C26H25F6N5O. The Labute approximate surface area is 214 Å². The molecule has 6 nitrogen and oxygen atoms in total. The van der Waals surface area contributed by atoms with E-state index in [1.54, 1.807) is 16.7 Å². The zero-order valence-corrected chi connectivity index (χ0v) is 20.4. The number of aromatic nitrogens is 2. The van der Waals surface area contributed by atoms with Gasteiger partial charge in [-0.1, -0.05) is 30.3 Å². The highest BCUT2D eigenvalue weighted by Crippen LogP contribution is 2.41. The third-order valence-corrected chi connectivity index (χ3v) is 7.28. The Hall–Kier alpha value is -3.70. The number of para-hydroxylation sites is 1. The molecule has 0 bridgehead atoms. The molecule has 1 aromatic heterocycles. The lowest BCUT2D eigenvalue weighted by molar-refractivity contribution is -0.138. The van der Waals surface area contributed by atoms with Gasteiger partial charge in [-0.3, -0.25) is 10.00 Å². The van der Waals surface area contributed by atoms with Crippen LogP contribution >= 0.6 is 0 Å². The summed E-state index contributed by atoms with van der Waals surface area (Å²) in [7, 11) is 0. The number of piperidine rings is 1. The van der Waals surface area contributed by atoms with Crippen molar-refractivity contribution in [2.75, 3.05) is 22.9 Å². The molecule has 2 amide bonds. The summed E-state index contributed by atoms with van der Waals surface area (Å²) in [6.45, 7) is 1.94. The number of H-pyrrole nitrogens is 1. The third-order valence-electron chi connectivity index (χ3n) is 7.28. The number of carbonyl (C=O) groups excluding carboxylic acids is 1. The summed E-state index contributed by atoms with van der Waals surface area (Å²) in [5.74, 6) is -0.737. The van der Waals surface area contributed by atoms with E-state index >= 15 is 0 Å². The first kappa shape index (κ1) is 25.9. The second kappa shape index (κ2) is 9.88. The number of rotatable bonds is 5. The fourth-order valence-corrected chi connectivity index (χ4v) is 5.50. The van der Waals surface area contributed by atoms with Crippen LogP contribution in [0.25, 0.3) is 0 Å². The lowest BCUT2D eigenvalue weighted by Crippen LogP contribution is -2.55. The minimum atomic E-state index is -4.59. The lowest BCUT2D eigenvalue weighted by Gasteiger charge is -2.46. The molecule has 1 saturated heterocycles. The zero-order valence-electron chi connectivity index (χ0n) is 20.4. The summed E-state index contributed by atoms with van der Waals surface area (Å²) in [6, 6.07) is 7.39. The van der Waals surface area contributed by atoms with Crippen LogP contribution in [0.5, 0.6) is 0 Å². The van der Waals surface area contributed by atoms with Crippen LogP contribution in [0.4, 0.5) is 42.5 Å². The average molecular weight is 538 g/mol. The highest BCUT2D eigenvalue weighted by atomic mass is 19.4. The van der Waals surface area contributed by atoms with E-state index in [1.165, 1.54) is 41.4 Å². The molecule has 0 radical (unpaired) electrons. The van der Waals surface area contributed by atoms with Crippen LogP contribution in [-0.4, -0.2) is 40.3 Å². The molecule has 38 heavy (non-hydrogen) atoms. The van der Waals surface area contributed by atoms with Crippen LogP contribution < -0.4 is 9.80 Å². The number of alkyl halides is 5. The molecule has 3 aromatic rings. The molecule has 0 spiro atoms. The van der Waals surface area contributed by atoms with Crippen LogP contribution in [-0.2, 0) is 12.7 Å². The minimum Gasteiger partial charge on any atom is -0.369 e. The standard InChI is InChI=1S/C26H25F6N5O/c1-15-22-21(13-33-34-22)36(14-16-5-2-3-7-19(16)26(30,31)32)25(38)37(15)17-9-11-35(12-10-17)23-18(24(28)29)6-4-8-20(23)27/h2-8,13,15,17,24H,9-12,14H2,1H3,(H,33,34). The maximum absolute atomic E-state index is 14.5. The van der Waals surface area contributed by atoms with E-state index < -0.39 is 36.1 Å². The molecule has 0 saturated carbocycles. The van der Waals surface area contributed by atoms with Crippen molar-refractivity contribution in [3.63, 3.8) is 0 Å². The molecule has 1 atom stereocenters. The molecule has 12 heteroatoms. The third kappa shape index (κ3) is 4.56. The Bertz CT molecular complexity index is 1320. The van der Waals surface area contributed by atoms with Crippen LogP contribution in [0.1, 0.15) is 54.6 Å². The summed E-state index contributed by atoms with van der Waals surface area (Å²) in [4.78, 5) is 18.2. The van der Waals surface area contributed by atoms with E-state index in [1.807, 2.05) is 0 Å². The second-order valence-corrected chi connectivity index (χ2v) is 9.46. The number of urea groups is 1. The number of aromatic amines is 1. The van der Waals surface area contributed by atoms with Gasteiger partial charge in [0.1, 0.15) is 11.5 Å². The number of hydrogen-bond acceptors (Lipinski definition) is 3. The van der Waals surface area contributed by atoms with E-state index in [4.69, 9.17) is 0 Å². The van der Waals surface area contributed by atoms with Crippen LogP contribution in [0.3, 0.4) is 0 Å². The normalized spacial score (nSPS) is 18.9. The average Bonchev–Trinajstić information content (AvgIpc) is 3.37. The van der Waals surface area contributed by atoms with E-state index in [2.05, 4.69) is 10.2 Å². The highest BCUT2D eigenvalue weighted by molar-refractivity contribution is 5.95. The molecule has 2 aliphatic rings. The van der Waals surface area contributed by atoms with Crippen molar-refractivity contribution in [3.8, 4) is 0 Å².